The van der Waals surface area contributed by atoms with Gasteiger partial charge in [-0.15, -0.1) is 11.8 Å². The van der Waals surface area contributed by atoms with Gasteiger partial charge in [0.25, 0.3) is 0 Å². The van der Waals surface area contributed by atoms with E-state index < -0.39 is 0 Å². The molecule has 0 saturated carbocycles. The lowest BCUT2D eigenvalue weighted by Crippen LogP contribution is -2.28. The van der Waals surface area contributed by atoms with Gasteiger partial charge in [-0.05, 0) is 36.8 Å². The molecule has 102 valence electrons. The maximum Gasteiger partial charge on any atom is 0.132 e. The van der Waals surface area contributed by atoms with Crippen LogP contribution in [0.4, 0.5) is 0 Å². The summed E-state index contributed by atoms with van der Waals surface area (Å²) < 4.78 is 5.37. The van der Waals surface area contributed by atoms with Crippen LogP contribution >= 0.6 is 11.8 Å². The summed E-state index contributed by atoms with van der Waals surface area (Å²) in [6, 6.07) is 6.66. The van der Waals surface area contributed by atoms with Gasteiger partial charge in [0.05, 0.1) is 7.11 Å². The number of benzene rings is 1. The quantitative estimate of drug-likeness (QED) is 0.712. The number of thioether (sulfide) groups is 1. The van der Waals surface area contributed by atoms with Crippen molar-refractivity contribution in [2.45, 2.75) is 37.2 Å². The highest BCUT2D eigenvalue weighted by Crippen LogP contribution is 2.28. The average Bonchev–Trinajstić information content (AvgIpc) is 2.42. The summed E-state index contributed by atoms with van der Waals surface area (Å²) in [6.07, 6.45) is 3.88. The van der Waals surface area contributed by atoms with Crippen molar-refractivity contribution in [3.05, 3.63) is 23.8 Å². The first-order chi connectivity index (χ1) is 8.74. The third-order valence-electron chi connectivity index (χ3n) is 3.01. The Kier molecular flexibility index (Phi) is 7.16. The molecule has 3 nitrogen and oxygen atoms in total. The second kappa shape index (κ2) is 8.40. The zero-order chi connectivity index (χ0) is 13.4. The highest BCUT2D eigenvalue weighted by Gasteiger charge is 2.07. The van der Waals surface area contributed by atoms with Crippen LogP contribution in [0.15, 0.2) is 23.1 Å². The van der Waals surface area contributed by atoms with Gasteiger partial charge in [-0.1, -0.05) is 13.0 Å². The summed E-state index contributed by atoms with van der Waals surface area (Å²) in [5, 5.41) is 12.4. The van der Waals surface area contributed by atoms with E-state index in [9.17, 15) is 0 Å². The molecule has 0 aliphatic rings. The smallest absolute Gasteiger partial charge is 0.132 e. The fourth-order valence-corrected chi connectivity index (χ4v) is 2.41. The van der Waals surface area contributed by atoms with Gasteiger partial charge in [-0.25, -0.2) is 0 Å². The first kappa shape index (κ1) is 15.3. The van der Waals surface area contributed by atoms with Crippen LogP contribution in [0, 0.1) is 0 Å². The lowest BCUT2D eigenvalue weighted by Gasteiger charge is -2.16. The Morgan fingerprint density at radius 2 is 2.22 bits per heavy atom. The zero-order valence-corrected chi connectivity index (χ0v) is 12.2. The van der Waals surface area contributed by atoms with E-state index in [2.05, 4.69) is 30.4 Å². The molecule has 0 aliphatic heterocycles. The van der Waals surface area contributed by atoms with Gasteiger partial charge in [0.2, 0.25) is 0 Å². The van der Waals surface area contributed by atoms with Crippen molar-refractivity contribution in [1.82, 2.24) is 5.32 Å². The first-order valence-corrected chi connectivity index (χ1v) is 7.52. The molecule has 0 aromatic heterocycles. The van der Waals surface area contributed by atoms with Gasteiger partial charge in [0.1, 0.15) is 5.75 Å². The second-order valence-corrected chi connectivity index (χ2v) is 5.04. The minimum Gasteiger partial charge on any atom is -0.496 e. The molecule has 1 rings (SSSR count). The Morgan fingerprint density at radius 3 is 2.78 bits per heavy atom. The van der Waals surface area contributed by atoms with Crippen LogP contribution in [0.3, 0.4) is 0 Å². The average molecular weight is 269 g/mol. The molecule has 0 saturated heterocycles. The molecule has 0 bridgehead atoms. The van der Waals surface area contributed by atoms with Gasteiger partial charge in [0.15, 0.2) is 0 Å². The Hall–Kier alpha value is -0.710. The summed E-state index contributed by atoms with van der Waals surface area (Å²) >= 11 is 1.69. The van der Waals surface area contributed by atoms with Gasteiger partial charge in [-0.3, -0.25) is 0 Å². The second-order valence-electron chi connectivity index (χ2n) is 4.19. The Balaban J connectivity index is 2.61. The Labute approximate surface area is 114 Å². The van der Waals surface area contributed by atoms with E-state index in [0.29, 0.717) is 6.04 Å². The molecule has 0 fully saturated rings. The fourth-order valence-electron chi connectivity index (χ4n) is 1.86. The minimum atomic E-state index is 0.236. The van der Waals surface area contributed by atoms with Gasteiger partial charge in [0, 0.05) is 24.1 Å². The third-order valence-corrected chi connectivity index (χ3v) is 3.79. The maximum absolute atomic E-state index is 8.95. The van der Waals surface area contributed by atoms with Crippen molar-refractivity contribution in [2.24, 2.45) is 0 Å². The minimum absolute atomic E-state index is 0.236. The lowest BCUT2D eigenvalue weighted by molar-refractivity contribution is 0.262. The summed E-state index contributed by atoms with van der Waals surface area (Å²) in [4.78, 5) is 1.16. The Morgan fingerprint density at radius 1 is 1.44 bits per heavy atom. The van der Waals surface area contributed by atoms with Crippen LogP contribution in [0.1, 0.15) is 25.3 Å². The fraction of sp³-hybridized carbons (Fsp3) is 0.571. The highest BCUT2D eigenvalue weighted by atomic mass is 32.2. The van der Waals surface area contributed by atoms with Crippen LogP contribution in [0.5, 0.6) is 5.75 Å². The molecular weight excluding hydrogens is 246 g/mol. The highest BCUT2D eigenvalue weighted by molar-refractivity contribution is 7.98. The normalized spacial score (nSPS) is 12.4. The molecule has 1 atom stereocenters. The molecule has 0 spiro atoms. The molecule has 0 heterocycles. The predicted octanol–water partition coefficient (Wildman–Crippen LogP) is 2.67. The number of ether oxygens (including phenoxy) is 1. The van der Waals surface area contributed by atoms with Gasteiger partial charge in [-0.2, -0.15) is 0 Å². The van der Waals surface area contributed by atoms with E-state index in [4.69, 9.17) is 9.84 Å². The summed E-state index contributed by atoms with van der Waals surface area (Å²) in [5.41, 5.74) is 1.21. The van der Waals surface area contributed by atoms with Crippen molar-refractivity contribution >= 4 is 11.8 Å². The number of nitrogens with one attached hydrogen (secondary N) is 1. The van der Waals surface area contributed by atoms with E-state index >= 15 is 0 Å². The van der Waals surface area contributed by atoms with Crippen molar-refractivity contribution in [3.8, 4) is 5.75 Å². The number of aliphatic hydroxyl groups excluding tert-OH is 1. The molecule has 18 heavy (non-hydrogen) atoms. The molecule has 0 amide bonds. The van der Waals surface area contributed by atoms with Gasteiger partial charge >= 0.3 is 0 Å². The molecule has 1 aromatic rings. The lowest BCUT2D eigenvalue weighted by atomic mass is 10.1. The van der Waals surface area contributed by atoms with Crippen molar-refractivity contribution in [1.29, 1.82) is 0 Å². The number of hydrogen-bond donors (Lipinski definition) is 2. The van der Waals surface area contributed by atoms with Crippen molar-refractivity contribution in [2.75, 3.05) is 20.0 Å². The van der Waals surface area contributed by atoms with Crippen molar-refractivity contribution in [3.63, 3.8) is 0 Å². The SMILES string of the molecule is CCC(CCO)NCc1ccc(SC)c(OC)c1. The molecule has 4 heteroatoms. The predicted molar refractivity (Wildman–Crippen MR) is 77.4 cm³/mol. The van der Waals surface area contributed by atoms with Crippen molar-refractivity contribution < 1.29 is 9.84 Å². The number of hydrogen-bond acceptors (Lipinski definition) is 4. The van der Waals surface area contributed by atoms with E-state index in [1.54, 1.807) is 18.9 Å². The van der Waals surface area contributed by atoms with E-state index in [-0.39, 0.29) is 6.61 Å². The van der Waals surface area contributed by atoms with E-state index in [1.165, 1.54) is 5.56 Å². The summed E-state index contributed by atoms with van der Waals surface area (Å²) in [6.45, 7) is 3.18. The monoisotopic (exact) mass is 269 g/mol. The molecule has 0 radical (unpaired) electrons. The maximum atomic E-state index is 8.95. The number of rotatable bonds is 8. The topological polar surface area (TPSA) is 41.5 Å². The molecule has 1 unspecified atom stereocenters. The number of aliphatic hydroxyl groups is 1. The molecule has 0 aliphatic carbocycles. The molecule has 1 aromatic carbocycles. The number of methoxy groups -OCH3 is 1. The molecule has 2 N–H and O–H groups in total. The van der Waals surface area contributed by atoms with Gasteiger partial charge < -0.3 is 15.2 Å². The summed E-state index contributed by atoms with van der Waals surface area (Å²) in [5.74, 6) is 0.928. The largest absolute Gasteiger partial charge is 0.496 e. The van der Waals surface area contributed by atoms with Crippen LogP contribution in [-0.2, 0) is 6.54 Å². The van der Waals surface area contributed by atoms with E-state index in [0.717, 1.165) is 30.0 Å². The van der Waals surface area contributed by atoms with Crippen LogP contribution in [-0.4, -0.2) is 31.1 Å². The molecular formula is C14H23NO2S. The van der Waals surface area contributed by atoms with Crippen LogP contribution in [0.25, 0.3) is 0 Å². The van der Waals surface area contributed by atoms with Crippen LogP contribution < -0.4 is 10.1 Å². The first-order valence-electron chi connectivity index (χ1n) is 6.30. The zero-order valence-electron chi connectivity index (χ0n) is 11.4. The standard InChI is InChI=1S/C14H23NO2S/c1-4-12(7-8-16)15-10-11-5-6-14(18-3)13(9-11)17-2/h5-6,9,12,15-16H,4,7-8,10H2,1-3H3. The van der Waals surface area contributed by atoms with Crippen LogP contribution in [0.2, 0.25) is 0 Å². The Bertz CT molecular complexity index is 358. The van der Waals surface area contributed by atoms with E-state index in [1.807, 2.05) is 6.26 Å². The third kappa shape index (κ3) is 4.52. The summed E-state index contributed by atoms with van der Waals surface area (Å²) in [7, 11) is 1.70.